The fourth-order valence-corrected chi connectivity index (χ4v) is 3.73. The lowest BCUT2D eigenvalue weighted by molar-refractivity contribution is -0.141. The van der Waals surface area contributed by atoms with Crippen LogP contribution in [-0.4, -0.2) is 55.0 Å². The summed E-state index contributed by atoms with van der Waals surface area (Å²) < 4.78 is 0. The maximum atomic E-state index is 13.1. The molecule has 4 heteroatoms. The molecule has 22 heavy (non-hydrogen) atoms. The van der Waals surface area contributed by atoms with Gasteiger partial charge in [0, 0.05) is 31.6 Å². The second-order valence-electron chi connectivity index (χ2n) is 6.80. The minimum Gasteiger partial charge on any atom is -0.333 e. The Balaban J connectivity index is 1.78. The zero-order valence-corrected chi connectivity index (χ0v) is 13.7. The van der Waals surface area contributed by atoms with Gasteiger partial charge < -0.3 is 15.1 Å². The molecule has 3 atom stereocenters. The van der Waals surface area contributed by atoms with Crippen molar-refractivity contribution in [3.8, 4) is 0 Å². The summed E-state index contributed by atoms with van der Waals surface area (Å²) >= 11 is 0. The zero-order valence-electron chi connectivity index (χ0n) is 13.7. The van der Waals surface area contributed by atoms with Gasteiger partial charge in [0.25, 0.3) is 0 Å². The molecule has 1 unspecified atom stereocenters. The first-order valence-electron chi connectivity index (χ1n) is 8.42. The molecule has 120 valence electrons. The van der Waals surface area contributed by atoms with Gasteiger partial charge >= 0.3 is 0 Å². The molecule has 4 nitrogen and oxygen atoms in total. The van der Waals surface area contributed by atoms with Gasteiger partial charge in [-0.2, -0.15) is 0 Å². The third-order valence-electron chi connectivity index (χ3n) is 5.02. The number of piperidine rings is 1. The molecule has 1 aromatic carbocycles. The second-order valence-corrected chi connectivity index (χ2v) is 6.80. The molecule has 3 rings (SSSR count). The SMILES string of the molecule is C[C@H]1C[C@@H](C(=O)N2CCN(C)CC2c2ccccc2)CCN1. The van der Waals surface area contributed by atoms with E-state index in [1.54, 1.807) is 0 Å². The van der Waals surface area contributed by atoms with Crippen LogP contribution in [0.4, 0.5) is 0 Å². The molecule has 1 amide bonds. The second kappa shape index (κ2) is 6.80. The van der Waals surface area contributed by atoms with Crippen LogP contribution < -0.4 is 5.32 Å². The number of likely N-dealkylation sites (N-methyl/N-ethyl adjacent to an activating group) is 1. The first-order valence-corrected chi connectivity index (χ1v) is 8.42. The molecule has 1 N–H and O–H groups in total. The minimum absolute atomic E-state index is 0.186. The molecule has 2 aliphatic heterocycles. The summed E-state index contributed by atoms with van der Waals surface area (Å²) in [4.78, 5) is 17.5. The molecule has 0 spiro atoms. The average molecular weight is 301 g/mol. The quantitative estimate of drug-likeness (QED) is 0.906. The highest BCUT2D eigenvalue weighted by Crippen LogP contribution is 2.29. The molecule has 2 saturated heterocycles. The van der Waals surface area contributed by atoms with Crippen molar-refractivity contribution in [3.05, 3.63) is 35.9 Å². The van der Waals surface area contributed by atoms with E-state index < -0.39 is 0 Å². The van der Waals surface area contributed by atoms with Crippen LogP contribution in [0, 0.1) is 5.92 Å². The Morgan fingerprint density at radius 3 is 2.73 bits per heavy atom. The Kier molecular flexibility index (Phi) is 4.79. The Hall–Kier alpha value is -1.39. The molecule has 0 saturated carbocycles. The molecule has 2 heterocycles. The lowest BCUT2D eigenvalue weighted by atomic mass is 9.90. The van der Waals surface area contributed by atoms with Crippen molar-refractivity contribution in [1.29, 1.82) is 0 Å². The number of nitrogens with zero attached hydrogens (tertiary/aromatic N) is 2. The number of carbonyl (C=O) groups excluding carboxylic acids is 1. The Bertz CT molecular complexity index is 504. The number of hydrogen-bond acceptors (Lipinski definition) is 3. The standard InChI is InChI=1S/C18H27N3O/c1-14-12-16(8-9-19-14)18(22)21-11-10-20(2)13-17(21)15-6-4-3-5-7-15/h3-7,14,16-17,19H,8-13H2,1-2H3/t14-,16-,17?/m0/s1. The van der Waals surface area contributed by atoms with Crippen LogP contribution in [0.2, 0.25) is 0 Å². The highest BCUT2D eigenvalue weighted by atomic mass is 16.2. The average Bonchev–Trinajstić information content (AvgIpc) is 2.55. The molecular weight excluding hydrogens is 274 g/mol. The molecule has 2 fully saturated rings. The van der Waals surface area contributed by atoms with Crippen molar-refractivity contribution >= 4 is 5.91 Å². The van der Waals surface area contributed by atoms with Gasteiger partial charge in [0.2, 0.25) is 5.91 Å². The molecular formula is C18H27N3O. The summed E-state index contributed by atoms with van der Waals surface area (Å²) in [5.41, 5.74) is 1.25. The van der Waals surface area contributed by atoms with E-state index >= 15 is 0 Å². The summed E-state index contributed by atoms with van der Waals surface area (Å²) in [5.74, 6) is 0.543. The number of carbonyl (C=O) groups is 1. The fourth-order valence-electron chi connectivity index (χ4n) is 3.73. The Labute approximate surface area is 133 Å². The van der Waals surface area contributed by atoms with Gasteiger partial charge in [0.05, 0.1) is 6.04 Å². The zero-order chi connectivity index (χ0) is 15.5. The lowest BCUT2D eigenvalue weighted by Crippen LogP contribution is -2.52. The van der Waals surface area contributed by atoms with E-state index in [2.05, 4.69) is 53.4 Å². The van der Waals surface area contributed by atoms with Crippen LogP contribution in [0.1, 0.15) is 31.4 Å². The van der Waals surface area contributed by atoms with Crippen molar-refractivity contribution in [2.24, 2.45) is 5.92 Å². The summed E-state index contributed by atoms with van der Waals surface area (Å²) in [6.45, 7) is 5.87. The van der Waals surface area contributed by atoms with Crippen molar-refractivity contribution in [3.63, 3.8) is 0 Å². The molecule has 1 aromatic rings. The molecule has 2 aliphatic rings. The summed E-state index contributed by atoms with van der Waals surface area (Å²) in [5, 5.41) is 3.44. The van der Waals surface area contributed by atoms with E-state index in [4.69, 9.17) is 0 Å². The maximum Gasteiger partial charge on any atom is 0.226 e. The minimum atomic E-state index is 0.186. The van der Waals surface area contributed by atoms with Crippen molar-refractivity contribution in [2.75, 3.05) is 33.2 Å². The number of benzene rings is 1. The molecule has 0 bridgehead atoms. The van der Waals surface area contributed by atoms with Crippen molar-refractivity contribution in [2.45, 2.75) is 31.8 Å². The van der Waals surface area contributed by atoms with Gasteiger partial charge in [-0.1, -0.05) is 30.3 Å². The topological polar surface area (TPSA) is 35.6 Å². The predicted molar refractivity (Wildman–Crippen MR) is 88.6 cm³/mol. The third-order valence-corrected chi connectivity index (χ3v) is 5.02. The lowest BCUT2D eigenvalue weighted by Gasteiger charge is -2.42. The van der Waals surface area contributed by atoms with Crippen molar-refractivity contribution < 1.29 is 4.79 Å². The van der Waals surface area contributed by atoms with Crippen molar-refractivity contribution in [1.82, 2.24) is 15.1 Å². The Morgan fingerprint density at radius 1 is 1.23 bits per heavy atom. The van der Waals surface area contributed by atoms with E-state index in [9.17, 15) is 4.79 Å². The van der Waals surface area contributed by atoms with E-state index in [-0.39, 0.29) is 12.0 Å². The van der Waals surface area contributed by atoms with Gasteiger partial charge in [-0.05, 0) is 38.9 Å². The normalized spacial score (nSPS) is 30.3. The van der Waals surface area contributed by atoms with Gasteiger partial charge in [-0.3, -0.25) is 4.79 Å². The van der Waals surface area contributed by atoms with Gasteiger partial charge in [-0.15, -0.1) is 0 Å². The highest BCUT2D eigenvalue weighted by molar-refractivity contribution is 5.79. The number of amides is 1. The van der Waals surface area contributed by atoms with Gasteiger partial charge in [0.15, 0.2) is 0 Å². The first-order chi connectivity index (χ1) is 10.6. The van der Waals surface area contributed by atoms with Crippen LogP contribution in [0.15, 0.2) is 30.3 Å². The van der Waals surface area contributed by atoms with E-state index in [1.165, 1.54) is 5.56 Å². The summed E-state index contributed by atoms with van der Waals surface area (Å²) in [6.07, 6.45) is 1.93. The van der Waals surface area contributed by atoms with E-state index in [0.29, 0.717) is 11.9 Å². The van der Waals surface area contributed by atoms with E-state index in [0.717, 1.165) is 39.0 Å². The predicted octanol–water partition coefficient (Wildman–Crippen LogP) is 1.89. The van der Waals surface area contributed by atoms with Crippen LogP contribution in [0.5, 0.6) is 0 Å². The van der Waals surface area contributed by atoms with Crippen LogP contribution in [0.3, 0.4) is 0 Å². The Morgan fingerprint density at radius 2 is 2.00 bits per heavy atom. The van der Waals surface area contributed by atoms with Gasteiger partial charge in [-0.25, -0.2) is 0 Å². The fraction of sp³-hybridized carbons (Fsp3) is 0.611. The molecule has 0 aromatic heterocycles. The highest BCUT2D eigenvalue weighted by Gasteiger charge is 2.35. The number of rotatable bonds is 2. The number of nitrogens with one attached hydrogen (secondary N) is 1. The monoisotopic (exact) mass is 301 g/mol. The largest absolute Gasteiger partial charge is 0.333 e. The summed E-state index contributed by atoms with van der Waals surface area (Å²) in [6, 6.07) is 11.1. The summed E-state index contributed by atoms with van der Waals surface area (Å²) in [7, 11) is 2.14. The van der Waals surface area contributed by atoms with Crippen LogP contribution in [0.25, 0.3) is 0 Å². The smallest absolute Gasteiger partial charge is 0.226 e. The maximum absolute atomic E-state index is 13.1. The molecule has 0 radical (unpaired) electrons. The molecule has 0 aliphatic carbocycles. The third kappa shape index (κ3) is 3.33. The number of hydrogen-bond donors (Lipinski definition) is 1. The van der Waals surface area contributed by atoms with Crippen LogP contribution >= 0.6 is 0 Å². The van der Waals surface area contributed by atoms with E-state index in [1.807, 2.05) is 6.07 Å². The first kappa shape index (κ1) is 15.5. The van der Waals surface area contributed by atoms with Crippen LogP contribution in [-0.2, 0) is 4.79 Å². The number of piperazine rings is 1. The van der Waals surface area contributed by atoms with Gasteiger partial charge in [0.1, 0.15) is 0 Å².